The van der Waals surface area contributed by atoms with Crippen molar-refractivity contribution in [1.82, 2.24) is 15.3 Å². The van der Waals surface area contributed by atoms with Gasteiger partial charge in [0.25, 0.3) is 5.91 Å². The van der Waals surface area contributed by atoms with Crippen molar-refractivity contribution in [2.45, 2.75) is 12.8 Å². The van der Waals surface area contributed by atoms with E-state index in [-0.39, 0.29) is 5.91 Å². The summed E-state index contributed by atoms with van der Waals surface area (Å²) in [5.74, 6) is 0.646. The van der Waals surface area contributed by atoms with E-state index in [2.05, 4.69) is 19.7 Å². The van der Waals surface area contributed by atoms with Crippen molar-refractivity contribution >= 4 is 5.91 Å². The zero-order chi connectivity index (χ0) is 12.8. The highest BCUT2D eigenvalue weighted by Crippen LogP contribution is 1.96. The monoisotopic (exact) mass is 247 g/mol. The summed E-state index contributed by atoms with van der Waals surface area (Å²) in [6, 6.07) is 2.66. The maximum atomic E-state index is 11.6. The molecule has 94 valence electrons. The molecule has 0 aromatic carbocycles. The quantitative estimate of drug-likeness (QED) is 0.762. The van der Waals surface area contributed by atoms with Crippen LogP contribution in [-0.4, -0.2) is 22.4 Å². The molecule has 0 aliphatic rings. The Labute approximate surface area is 103 Å². The van der Waals surface area contributed by atoms with Gasteiger partial charge in [-0.1, -0.05) is 0 Å². The van der Waals surface area contributed by atoms with Crippen LogP contribution in [0.4, 0.5) is 0 Å². The molecule has 0 saturated heterocycles. The Morgan fingerprint density at radius 3 is 3.00 bits per heavy atom. The van der Waals surface area contributed by atoms with E-state index < -0.39 is 5.63 Å². The summed E-state index contributed by atoms with van der Waals surface area (Å²) < 4.78 is 4.61. The lowest BCUT2D eigenvalue weighted by Crippen LogP contribution is -2.25. The first-order valence-electron chi connectivity index (χ1n) is 5.61. The van der Waals surface area contributed by atoms with E-state index in [0.717, 1.165) is 24.9 Å². The number of rotatable bonds is 5. The summed E-state index contributed by atoms with van der Waals surface area (Å²) in [6.07, 6.45) is 6.18. The molecule has 1 amide bonds. The minimum Gasteiger partial charge on any atom is -0.430 e. The number of carbonyl (C=O) groups is 1. The fraction of sp³-hybridized carbons (Fsp3) is 0.250. The van der Waals surface area contributed by atoms with E-state index in [1.54, 1.807) is 12.4 Å². The highest BCUT2D eigenvalue weighted by Gasteiger charge is 2.05. The van der Waals surface area contributed by atoms with Crippen LogP contribution in [0.15, 0.2) is 40.0 Å². The predicted octanol–water partition coefficient (Wildman–Crippen LogP) is 0.726. The highest BCUT2D eigenvalue weighted by atomic mass is 16.4. The van der Waals surface area contributed by atoms with Crippen LogP contribution in [0, 0.1) is 0 Å². The lowest BCUT2D eigenvalue weighted by atomic mass is 10.2. The Hall–Kier alpha value is -2.37. The van der Waals surface area contributed by atoms with Crippen molar-refractivity contribution < 1.29 is 9.21 Å². The molecule has 6 nitrogen and oxygen atoms in total. The van der Waals surface area contributed by atoms with Gasteiger partial charge in [0.2, 0.25) is 0 Å². The number of H-pyrrole nitrogens is 1. The summed E-state index contributed by atoms with van der Waals surface area (Å²) >= 11 is 0. The predicted molar refractivity (Wildman–Crippen MR) is 64.2 cm³/mol. The van der Waals surface area contributed by atoms with Gasteiger partial charge in [-0.05, 0) is 12.5 Å². The van der Waals surface area contributed by atoms with E-state index >= 15 is 0 Å². The third-order valence-corrected chi connectivity index (χ3v) is 2.39. The molecule has 2 aromatic heterocycles. The molecule has 0 aliphatic heterocycles. The number of aryl methyl sites for hydroxylation is 1. The molecule has 2 heterocycles. The molecular weight excluding hydrogens is 234 g/mol. The molecule has 2 N–H and O–H groups in total. The van der Waals surface area contributed by atoms with Crippen LogP contribution >= 0.6 is 0 Å². The topological polar surface area (TPSA) is 88.0 Å². The van der Waals surface area contributed by atoms with Crippen LogP contribution in [0.3, 0.4) is 0 Å². The van der Waals surface area contributed by atoms with E-state index in [4.69, 9.17) is 0 Å². The van der Waals surface area contributed by atoms with Crippen molar-refractivity contribution in [3.05, 3.63) is 52.6 Å². The molecule has 0 aliphatic carbocycles. The van der Waals surface area contributed by atoms with Crippen molar-refractivity contribution in [3.63, 3.8) is 0 Å². The number of aromatic nitrogens is 2. The lowest BCUT2D eigenvalue weighted by Gasteiger charge is -2.03. The molecule has 0 spiro atoms. The Bertz CT molecular complexity index is 540. The second-order valence-corrected chi connectivity index (χ2v) is 3.74. The normalized spacial score (nSPS) is 10.2. The molecule has 0 fully saturated rings. The number of amides is 1. The van der Waals surface area contributed by atoms with E-state index in [1.165, 1.54) is 12.1 Å². The van der Waals surface area contributed by atoms with E-state index in [1.807, 2.05) is 0 Å². The SMILES string of the molecule is O=C(NCCCc1ncc[nH]1)c1ccc(=O)oc1. The largest absolute Gasteiger partial charge is 0.430 e. The van der Waals surface area contributed by atoms with Crippen molar-refractivity contribution in [3.8, 4) is 0 Å². The number of imidazole rings is 1. The van der Waals surface area contributed by atoms with Crippen LogP contribution in [0.2, 0.25) is 0 Å². The maximum absolute atomic E-state index is 11.6. The minimum atomic E-state index is -0.468. The van der Waals surface area contributed by atoms with Crippen LogP contribution in [0.25, 0.3) is 0 Å². The molecule has 0 radical (unpaired) electrons. The van der Waals surface area contributed by atoms with Gasteiger partial charge in [0.1, 0.15) is 12.1 Å². The minimum absolute atomic E-state index is 0.252. The van der Waals surface area contributed by atoms with Crippen molar-refractivity contribution in [1.29, 1.82) is 0 Å². The van der Waals surface area contributed by atoms with Crippen molar-refractivity contribution in [2.24, 2.45) is 0 Å². The maximum Gasteiger partial charge on any atom is 0.335 e. The number of hydrogen-bond donors (Lipinski definition) is 2. The Morgan fingerprint density at radius 1 is 1.44 bits per heavy atom. The summed E-state index contributed by atoms with van der Waals surface area (Å²) in [5, 5.41) is 2.74. The summed E-state index contributed by atoms with van der Waals surface area (Å²) in [5.41, 5.74) is -0.128. The Kier molecular flexibility index (Phi) is 3.90. The number of nitrogens with one attached hydrogen (secondary N) is 2. The van der Waals surface area contributed by atoms with Crippen molar-refractivity contribution in [2.75, 3.05) is 6.54 Å². The van der Waals surface area contributed by atoms with Gasteiger partial charge < -0.3 is 14.7 Å². The fourth-order valence-corrected chi connectivity index (χ4v) is 1.48. The third kappa shape index (κ3) is 3.31. The van der Waals surface area contributed by atoms with Crippen LogP contribution in [0.5, 0.6) is 0 Å². The van der Waals surface area contributed by atoms with Gasteiger partial charge in [-0.25, -0.2) is 9.78 Å². The van der Waals surface area contributed by atoms with Gasteiger partial charge in [-0.3, -0.25) is 4.79 Å². The summed E-state index contributed by atoms with van der Waals surface area (Å²) in [6.45, 7) is 0.540. The first-order chi connectivity index (χ1) is 8.75. The van der Waals surface area contributed by atoms with Gasteiger partial charge in [0.15, 0.2) is 0 Å². The molecule has 0 atom stereocenters. The van der Waals surface area contributed by atoms with Gasteiger partial charge in [-0.15, -0.1) is 0 Å². The van der Waals surface area contributed by atoms with Gasteiger partial charge in [-0.2, -0.15) is 0 Å². The third-order valence-electron chi connectivity index (χ3n) is 2.39. The van der Waals surface area contributed by atoms with Gasteiger partial charge in [0.05, 0.1) is 5.56 Å². The first kappa shape index (κ1) is 12.1. The molecule has 0 unspecified atom stereocenters. The number of nitrogens with zero attached hydrogens (tertiary/aromatic N) is 1. The number of hydrogen-bond acceptors (Lipinski definition) is 4. The molecule has 0 saturated carbocycles. The Morgan fingerprint density at radius 2 is 2.33 bits per heavy atom. The molecule has 0 bridgehead atoms. The smallest absolute Gasteiger partial charge is 0.335 e. The Balaban J connectivity index is 1.75. The number of aromatic amines is 1. The van der Waals surface area contributed by atoms with Gasteiger partial charge >= 0.3 is 5.63 Å². The first-order valence-corrected chi connectivity index (χ1v) is 5.61. The standard InChI is InChI=1S/C12H13N3O3/c16-11-4-3-9(8-18-11)12(17)15-5-1-2-10-13-6-7-14-10/h3-4,6-8H,1-2,5H2,(H,13,14)(H,15,17). The zero-order valence-electron chi connectivity index (χ0n) is 9.68. The van der Waals surface area contributed by atoms with Gasteiger partial charge in [0, 0.05) is 31.4 Å². The van der Waals surface area contributed by atoms with Crippen LogP contribution in [-0.2, 0) is 6.42 Å². The molecule has 2 rings (SSSR count). The number of carbonyl (C=O) groups excluding carboxylic acids is 1. The second-order valence-electron chi connectivity index (χ2n) is 3.74. The van der Waals surface area contributed by atoms with E-state index in [0.29, 0.717) is 12.1 Å². The summed E-state index contributed by atoms with van der Waals surface area (Å²) in [7, 11) is 0. The van der Waals surface area contributed by atoms with Crippen LogP contribution in [0.1, 0.15) is 22.6 Å². The van der Waals surface area contributed by atoms with E-state index in [9.17, 15) is 9.59 Å². The molecular formula is C12H13N3O3. The highest BCUT2D eigenvalue weighted by molar-refractivity contribution is 5.93. The fourth-order valence-electron chi connectivity index (χ4n) is 1.48. The average Bonchev–Trinajstić information content (AvgIpc) is 2.88. The lowest BCUT2D eigenvalue weighted by molar-refractivity contribution is 0.0950. The molecule has 2 aromatic rings. The van der Waals surface area contributed by atoms with Crippen LogP contribution < -0.4 is 10.9 Å². The average molecular weight is 247 g/mol. The zero-order valence-corrected chi connectivity index (χ0v) is 9.68. The summed E-state index contributed by atoms with van der Waals surface area (Å²) in [4.78, 5) is 29.4. The molecule has 6 heteroatoms. The second kappa shape index (κ2) is 5.81. The molecule has 18 heavy (non-hydrogen) atoms.